The molecule has 0 aromatic carbocycles. The van der Waals surface area contributed by atoms with Crippen molar-refractivity contribution in [3.05, 3.63) is 23.8 Å². The molecule has 0 radical (unpaired) electrons. The fourth-order valence-electron chi connectivity index (χ4n) is 1.06. The smallest absolute Gasteiger partial charge is 0.0618 e. The molecule has 1 heteroatoms. The molecule has 14 heavy (non-hydrogen) atoms. The fraction of sp³-hybridized carbons (Fsp3) is 0.692. The molecule has 0 bridgehead atoms. The molecule has 0 saturated carbocycles. The van der Waals surface area contributed by atoms with Gasteiger partial charge in [-0.3, -0.25) is 0 Å². The Hall–Kier alpha value is -0.560. The maximum absolute atomic E-state index is 8.92. The van der Waals surface area contributed by atoms with E-state index in [0.717, 1.165) is 0 Å². The highest BCUT2D eigenvalue weighted by Crippen LogP contribution is 2.27. The van der Waals surface area contributed by atoms with Crippen molar-refractivity contribution in [3.8, 4) is 0 Å². The Morgan fingerprint density at radius 3 is 1.86 bits per heavy atom. The topological polar surface area (TPSA) is 20.2 Å². The molecule has 0 saturated heterocycles. The highest BCUT2D eigenvalue weighted by Gasteiger charge is 2.15. The van der Waals surface area contributed by atoms with Gasteiger partial charge in [-0.2, -0.15) is 0 Å². The maximum atomic E-state index is 8.92. The Morgan fingerprint density at radius 2 is 1.57 bits per heavy atom. The van der Waals surface area contributed by atoms with Crippen LogP contribution in [0.15, 0.2) is 23.8 Å². The van der Waals surface area contributed by atoms with Gasteiger partial charge >= 0.3 is 0 Å². The first-order valence-electron chi connectivity index (χ1n) is 5.17. The van der Waals surface area contributed by atoms with Gasteiger partial charge in [-0.15, -0.1) is 0 Å². The van der Waals surface area contributed by atoms with Gasteiger partial charge in [0.2, 0.25) is 0 Å². The van der Waals surface area contributed by atoms with Crippen LogP contribution in [-0.2, 0) is 0 Å². The third kappa shape index (κ3) is 5.98. The van der Waals surface area contributed by atoms with Gasteiger partial charge in [-0.05, 0) is 16.4 Å². The second-order valence-corrected chi connectivity index (χ2v) is 5.79. The number of hydrogen-bond donors (Lipinski definition) is 1. The standard InChI is InChI=1S/C13H24O/c1-12(2,3)9-7-11(8-10-14)13(4,5)6/h7-9,14H,10H2,1-6H3/b9-7+,11-8+. The van der Waals surface area contributed by atoms with Gasteiger partial charge in [-0.25, -0.2) is 0 Å². The van der Waals surface area contributed by atoms with Crippen LogP contribution in [0, 0.1) is 10.8 Å². The zero-order chi connectivity index (χ0) is 11.4. The van der Waals surface area contributed by atoms with Crippen LogP contribution in [0.5, 0.6) is 0 Å². The van der Waals surface area contributed by atoms with Gasteiger partial charge in [0.1, 0.15) is 0 Å². The van der Waals surface area contributed by atoms with Gasteiger partial charge in [0.15, 0.2) is 0 Å². The van der Waals surface area contributed by atoms with Crippen LogP contribution in [0.2, 0.25) is 0 Å². The van der Waals surface area contributed by atoms with Crippen molar-refractivity contribution in [2.45, 2.75) is 41.5 Å². The van der Waals surface area contributed by atoms with E-state index in [1.165, 1.54) is 5.57 Å². The van der Waals surface area contributed by atoms with E-state index < -0.39 is 0 Å². The number of aliphatic hydroxyl groups excluding tert-OH is 1. The van der Waals surface area contributed by atoms with E-state index in [0.29, 0.717) is 0 Å². The summed E-state index contributed by atoms with van der Waals surface area (Å²) in [6, 6.07) is 0. The van der Waals surface area contributed by atoms with Crippen LogP contribution in [0.1, 0.15) is 41.5 Å². The molecule has 0 unspecified atom stereocenters. The van der Waals surface area contributed by atoms with Crippen molar-refractivity contribution >= 4 is 0 Å². The quantitative estimate of drug-likeness (QED) is 0.670. The summed E-state index contributed by atoms with van der Waals surface area (Å²) in [5.74, 6) is 0. The molecule has 0 aliphatic heterocycles. The summed E-state index contributed by atoms with van der Waals surface area (Å²) in [5.41, 5.74) is 1.49. The van der Waals surface area contributed by atoms with E-state index in [2.05, 4.69) is 53.7 Å². The molecule has 0 amide bonds. The molecular weight excluding hydrogens is 172 g/mol. The molecule has 0 heterocycles. The number of rotatable bonds is 2. The molecule has 0 aliphatic carbocycles. The number of hydrogen-bond acceptors (Lipinski definition) is 1. The van der Waals surface area contributed by atoms with E-state index in [1.807, 2.05) is 6.08 Å². The van der Waals surface area contributed by atoms with Crippen molar-refractivity contribution in [2.75, 3.05) is 6.61 Å². The first kappa shape index (κ1) is 13.4. The van der Waals surface area contributed by atoms with Crippen molar-refractivity contribution in [3.63, 3.8) is 0 Å². The lowest BCUT2D eigenvalue weighted by atomic mass is 9.84. The van der Waals surface area contributed by atoms with E-state index in [1.54, 1.807) is 0 Å². The van der Waals surface area contributed by atoms with Gasteiger partial charge in [0, 0.05) is 0 Å². The van der Waals surface area contributed by atoms with Gasteiger partial charge < -0.3 is 5.11 Å². The van der Waals surface area contributed by atoms with Crippen LogP contribution >= 0.6 is 0 Å². The largest absolute Gasteiger partial charge is 0.392 e. The predicted octanol–water partition coefficient (Wildman–Crippen LogP) is 3.55. The minimum absolute atomic E-state index is 0.102. The molecular formula is C13H24O. The van der Waals surface area contributed by atoms with Crippen LogP contribution in [0.4, 0.5) is 0 Å². The third-order valence-electron chi connectivity index (χ3n) is 1.94. The fourth-order valence-corrected chi connectivity index (χ4v) is 1.06. The van der Waals surface area contributed by atoms with E-state index >= 15 is 0 Å². The highest BCUT2D eigenvalue weighted by atomic mass is 16.2. The molecule has 1 N–H and O–H groups in total. The van der Waals surface area contributed by atoms with Crippen molar-refractivity contribution in [1.29, 1.82) is 0 Å². The normalized spacial score (nSPS) is 15.2. The minimum Gasteiger partial charge on any atom is -0.392 e. The van der Waals surface area contributed by atoms with E-state index in [9.17, 15) is 0 Å². The molecule has 0 aliphatic rings. The van der Waals surface area contributed by atoms with Crippen molar-refractivity contribution in [1.82, 2.24) is 0 Å². The van der Waals surface area contributed by atoms with Crippen molar-refractivity contribution < 1.29 is 5.11 Å². The first-order valence-corrected chi connectivity index (χ1v) is 5.17. The maximum Gasteiger partial charge on any atom is 0.0618 e. The van der Waals surface area contributed by atoms with Crippen LogP contribution in [0.3, 0.4) is 0 Å². The second-order valence-electron chi connectivity index (χ2n) is 5.79. The summed E-state index contributed by atoms with van der Waals surface area (Å²) in [7, 11) is 0. The number of allylic oxidation sites excluding steroid dienone is 3. The summed E-state index contributed by atoms with van der Waals surface area (Å²) in [6.07, 6.45) is 6.18. The third-order valence-corrected chi connectivity index (χ3v) is 1.94. The van der Waals surface area contributed by atoms with Gasteiger partial charge in [-0.1, -0.05) is 59.8 Å². The lowest BCUT2D eigenvalue weighted by molar-refractivity contribution is 0.339. The summed E-state index contributed by atoms with van der Waals surface area (Å²) >= 11 is 0. The van der Waals surface area contributed by atoms with Gasteiger partial charge in [0.05, 0.1) is 6.61 Å². The van der Waals surface area contributed by atoms with Crippen molar-refractivity contribution in [2.24, 2.45) is 10.8 Å². The lowest BCUT2D eigenvalue weighted by Crippen LogP contribution is -2.09. The molecule has 0 aromatic heterocycles. The summed E-state index contributed by atoms with van der Waals surface area (Å²) in [6.45, 7) is 13.1. The monoisotopic (exact) mass is 196 g/mol. The first-order chi connectivity index (χ1) is 6.17. The molecule has 1 nitrogen and oxygen atoms in total. The zero-order valence-corrected chi connectivity index (χ0v) is 10.4. The molecule has 0 rings (SSSR count). The molecule has 0 atom stereocenters. The highest BCUT2D eigenvalue weighted by molar-refractivity contribution is 5.25. The minimum atomic E-state index is 0.102. The van der Waals surface area contributed by atoms with Gasteiger partial charge in [0.25, 0.3) is 0 Å². The molecule has 82 valence electrons. The SMILES string of the molecule is CC(C)(C)/C=C/C(=C\CO)C(C)(C)C. The Labute approximate surface area is 88.5 Å². The van der Waals surface area contributed by atoms with E-state index in [4.69, 9.17) is 5.11 Å². The Balaban J connectivity index is 4.74. The molecule has 0 fully saturated rings. The average Bonchev–Trinajstić information content (AvgIpc) is 1.93. The average molecular weight is 196 g/mol. The predicted molar refractivity (Wildman–Crippen MR) is 63.2 cm³/mol. The summed E-state index contributed by atoms with van der Waals surface area (Å²) < 4.78 is 0. The Morgan fingerprint density at radius 1 is 1.07 bits per heavy atom. The zero-order valence-electron chi connectivity index (χ0n) is 10.4. The van der Waals surface area contributed by atoms with Crippen LogP contribution < -0.4 is 0 Å². The Bertz CT molecular complexity index is 221. The van der Waals surface area contributed by atoms with Crippen LogP contribution in [-0.4, -0.2) is 11.7 Å². The molecule has 0 spiro atoms. The second kappa shape index (κ2) is 4.79. The Kier molecular flexibility index (Phi) is 4.60. The molecule has 0 aromatic rings. The summed E-state index contributed by atoms with van der Waals surface area (Å²) in [5, 5.41) is 8.92. The van der Waals surface area contributed by atoms with E-state index in [-0.39, 0.29) is 17.4 Å². The van der Waals surface area contributed by atoms with Crippen LogP contribution in [0.25, 0.3) is 0 Å². The summed E-state index contributed by atoms with van der Waals surface area (Å²) in [4.78, 5) is 0. The lowest BCUT2D eigenvalue weighted by Gasteiger charge is -2.21. The number of aliphatic hydroxyl groups is 1.